The first-order valence-electron chi connectivity index (χ1n) is 7.93. The van der Waals surface area contributed by atoms with Crippen molar-refractivity contribution < 1.29 is 9.53 Å². The molecule has 2 rings (SSSR count). The van der Waals surface area contributed by atoms with Gasteiger partial charge in [0.15, 0.2) is 0 Å². The van der Waals surface area contributed by atoms with Crippen LogP contribution in [0.25, 0.3) is 0 Å². The number of esters is 1. The van der Waals surface area contributed by atoms with Crippen LogP contribution >= 0.6 is 0 Å². The monoisotopic (exact) mass is 305 g/mol. The Bertz CT molecular complexity index is 476. The first kappa shape index (κ1) is 16.7. The second kappa shape index (κ2) is 7.09. The highest BCUT2D eigenvalue weighted by Crippen LogP contribution is 2.20. The zero-order valence-electron chi connectivity index (χ0n) is 14.1. The summed E-state index contributed by atoms with van der Waals surface area (Å²) >= 11 is 0. The standard InChI is InChI=1S/C17H27N3O2/c1-17(2,3)22-16(21)13-20-11-8-14(9-12-20)19(4)15-7-5-6-10-18-15/h5-7,10,14H,8-9,11-13H2,1-4H3. The summed E-state index contributed by atoms with van der Waals surface area (Å²) in [5.74, 6) is 0.872. The molecule has 1 aliphatic heterocycles. The first-order chi connectivity index (χ1) is 10.3. The van der Waals surface area contributed by atoms with Crippen molar-refractivity contribution in [3.05, 3.63) is 24.4 Å². The summed E-state index contributed by atoms with van der Waals surface area (Å²) < 4.78 is 5.38. The number of rotatable bonds is 4. The molecular weight excluding hydrogens is 278 g/mol. The maximum Gasteiger partial charge on any atom is 0.320 e. The van der Waals surface area contributed by atoms with Crippen molar-refractivity contribution in [2.24, 2.45) is 0 Å². The zero-order valence-corrected chi connectivity index (χ0v) is 14.1. The van der Waals surface area contributed by atoms with Crippen LogP contribution < -0.4 is 4.90 Å². The van der Waals surface area contributed by atoms with Gasteiger partial charge in [-0.05, 0) is 45.7 Å². The summed E-state index contributed by atoms with van der Waals surface area (Å²) in [5.41, 5.74) is -0.408. The fourth-order valence-electron chi connectivity index (χ4n) is 2.77. The van der Waals surface area contributed by atoms with Gasteiger partial charge in [-0.1, -0.05) is 6.07 Å². The lowest BCUT2D eigenvalue weighted by atomic mass is 10.0. The van der Waals surface area contributed by atoms with E-state index in [-0.39, 0.29) is 5.97 Å². The topological polar surface area (TPSA) is 45.7 Å². The van der Waals surface area contributed by atoms with Gasteiger partial charge in [0.1, 0.15) is 11.4 Å². The van der Waals surface area contributed by atoms with Crippen molar-refractivity contribution in [3.63, 3.8) is 0 Å². The summed E-state index contributed by atoms with van der Waals surface area (Å²) in [7, 11) is 2.09. The second-order valence-electron chi connectivity index (χ2n) is 6.89. The van der Waals surface area contributed by atoms with E-state index in [0.717, 1.165) is 31.7 Å². The SMILES string of the molecule is CN(c1ccccn1)C1CCN(CC(=O)OC(C)(C)C)CC1. The third-order valence-electron chi connectivity index (χ3n) is 3.89. The minimum absolute atomic E-state index is 0.135. The zero-order chi connectivity index (χ0) is 16.2. The Morgan fingerprint density at radius 1 is 1.36 bits per heavy atom. The van der Waals surface area contributed by atoms with Crippen molar-refractivity contribution in [1.29, 1.82) is 0 Å². The van der Waals surface area contributed by atoms with Crippen LogP contribution in [0.2, 0.25) is 0 Å². The van der Waals surface area contributed by atoms with E-state index >= 15 is 0 Å². The fourth-order valence-corrected chi connectivity index (χ4v) is 2.77. The molecule has 0 amide bonds. The summed E-state index contributed by atoms with van der Waals surface area (Å²) in [6.07, 6.45) is 3.90. The molecule has 1 aliphatic rings. The molecule has 0 aliphatic carbocycles. The maximum absolute atomic E-state index is 11.9. The van der Waals surface area contributed by atoms with Gasteiger partial charge in [-0.25, -0.2) is 4.98 Å². The molecule has 0 spiro atoms. The average molecular weight is 305 g/mol. The van der Waals surface area contributed by atoms with Crippen LogP contribution in [0.15, 0.2) is 24.4 Å². The summed E-state index contributed by atoms with van der Waals surface area (Å²) in [4.78, 5) is 20.7. The van der Waals surface area contributed by atoms with E-state index in [2.05, 4.69) is 21.8 Å². The number of ether oxygens (including phenoxy) is 1. The molecule has 5 nitrogen and oxygen atoms in total. The predicted octanol–water partition coefficient (Wildman–Crippen LogP) is 2.32. The predicted molar refractivity (Wildman–Crippen MR) is 87.9 cm³/mol. The largest absolute Gasteiger partial charge is 0.459 e. The van der Waals surface area contributed by atoms with Crippen molar-refractivity contribution in [1.82, 2.24) is 9.88 Å². The number of likely N-dealkylation sites (tertiary alicyclic amines) is 1. The number of hydrogen-bond acceptors (Lipinski definition) is 5. The number of carbonyl (C=O) groups excluding carboxylic acids is 1. The van der Waals surface area contributed by atoms with Gasteiger partial charge in [0.25, 0.3) is 0 Å². The van der Waals surface area contributed by atoms with Gasteiger partial charge in [-0.15, -0.1) is 0 Å². The molecule has 0 radical (unpaired) electrons. The Morgan fingerprint density at radius 2 is 2.05 bits per heavy atom. The summed E-state index contributed by atoms with van der Waals surface area (Å²) in [6, 6.07) is 6.45. The molecule has 0 unspecified atom stereocenters. The second-order valence-corrected chi connectivity index (χ2v) is 6.89. The highest BCUT2D eigenvalue weighted by molar-refractivity contribution is 5.72. The van der Waals surface area contributed by atoms with Crippen LogP contribution in [0.5, 0.6) is 0 Å². The number of piperidine rings is 1. The molecule has 0 atom stereocenters. The lowest BCUT2D eigenvalue weighted by Gasteiger charge is -2.37. The molecule has 122 valence electrons. The molecule has 0 N–H and O–H groups in total. The molecule has 0 aromatic carbocycles. The molecule has 1 saturated heterocycles. The lowest BCUT2D eigenvalue weighted by Crippen LogP contribution is -2.46. The molecule has 1 fully saturated rings. The molecule has 1 aromatic heterocycles. The molecule has 22 heavy (non-hydrogen) atoms. The van der Waals surface area contributed by atoms with Gasteiger partial charge < -0.3 is 9.64 Å². The van der Waals surface area contributed by atoms with Crippen molar-refractivity contribution in [2.75, 3.05) is 31.6 Å². The van der Waals surface area contributed by atoms with Crippen LogP contribution in [0.1, 0.15) is 33.6 Å². The van der Waals surface area contributed by atoms with E-state index in [1.807, 2.05) is 45.2 Å². The third-order valence-corrected chi connectivity index (χ3v) is 3.89. The van der Waals surface area contributed by atoms with Crippen LogP contribution in [0.3, 0.4) is 0 Å². The Labute approximate surface area is 133 Å². The highest BCUT2D eigenvalue weighted by Gasteiger charge is 2.25. The number of hydrogen-bond donors (Lipinski definition) is 0. The van der Waals surface area contributed by atoms with Crippen LogP contribution in [-0.2, 0) is 9.53 Å². The van der Waals surface area contributed by atoms with Gasteiger partial charge in [-0.2, -0.15) is 0 Å². The smallest absolute Gasteiger partial charge is 0.320 e. The summed E-state index contributed by atoms with van der Waals surface area (Å²) in [6.45, 7) is 7.93. The van der Waals surface area contributed by atoms with Crippen molar-refractivity contribution in [3.8, 4) is 0 Å². The number of carbonyl (C=O) groups is 1. The molecule has 5 heteroatoms. The average Bonchev–Trinajstić information content (AvgIpc) is 2.46. The molecule has 2 heterocycles. The Hall–Kier alpha value is -1.62. The lowest BCUT2D eigenvalue weighted by molar-refractivity contribution is -0.156. The Morgan fingerprint density at radius 3 is 2.59 bits per heavy atom. The third kappa shape index (κ3) is 4.98. The van der Waals surface area contributed by atoms with E-state index in [9.17, 15) is 4.79 Å². The number of anilines is 1. The van der Waals surface area contributed by atoms with Gasteiger partial charge in [0, 0.05) is 32.4 Å². The van der Waals surface area contributed by atoms with Gasteiger partial charge in [-0.3, -0.25) is 9.69 Å². The Balaban J connectivity index is 1.79. The van der Waals surface area contributed by atoms with Gasteiger partial charge in [0.05, 0.1) is 6.54 Å². The molecule has 1 aromatic rings. The minimum Gasteiger partial charge on any atom is -0.459 e. The van der Waals surface area contributed by atoms with Crippen LogP contribution in [0.4, 0.5) is 5.82 Å². The number of nitrogens with zero attached hydrogens (tertiary/aromatic N) is 3. The van der Waals surface area contributed by atoms with Crippen molar-refractivity contribution >= 4 is 11.8 Å². The molecule has 0 bridgehead atoms. The van der Waals surface area contributed by atoms with E-state index < -0.39 is 5.60 Å². The minimum atomic E-state index is -0.408. The quantitative estimate of drug-likeness (QED) is 0.799. The number of aromatic nitrogens is 1. The number of pyridine rings is 1. The van der Waals surface area contributed by atoms with E-state index in [0.29, 0.717) is 12.6 Å². The van der Waals surface area contributed by atoms with Crippen molar-refractivity contribution in [2.45, 2.75) is 45.3 Å². The summed E-state index contributed by atoms with van der Waals surface area (Å²) in [5, 5.41) is 0. The van der Waals surface area contributed by atoms with Crippen LogP contribution in [-0.4, -0.2) is 54.2 Å². The molecular formula is C17H27N3O2. The highest BCUT2D eigenvalue weighted by atomic mass is 16.6. The first-order valence-corrected chi connectivity index (χ1v) is 7.93. The van der Waals surface area contributed by atoms with Gasteiger partial charge in [0.2, 0.25) is 0 Å². The Kier molecular flexibility index (Phi) is 5.40. The molecule has 0 saturated carbocycles. The normalized spacial score (nSPS) is 17.3. The van der Waals surface area contributed by atoms with Gasteiger partial charge >= 0.3 is 5.97 Å². The van der Waals surface area contributed by atoms with E-state index in [1.165, 1.54) is 0 Å². The fraction of sp³-hybridized carbons (Fsp3) is 0.647. The maximum atomic E-state index is 11.9. The van der Waals surface area contributed by atoms with Crippen LogP contribution in [0, 0.1) is 0 Å². The van der Waals surface area contributed by atoms with E-state index in [4.69, 9.17) is 4.74 Å². The van der Waals surface area contributed by atoms with E-state index in [1.54, 1.807) is 0 Å².